The topological polar surface area (TPSA) is 32.8 Å². The lowest BCUT2D eigenvalue weighted by Crippen LogP contribution is -2.30. The molecule has 0 N–H and O–H groups in total. The normalized spacial score (nSPS) is 10.3. The molecule has 0 spiro atoms. The Kier molecular flexibility index (Phi) is 6.67. The third-order valence-corrected chi connectivity index (χ3v) is 4.31. The summed E-state index contributed by atoms with van der Waals surface area (Å²) in [6.45, 7) is 1.16. The van der Waals surface area contributed by atoms with E-state index < -0.39 is 0 Å². The molecule has 0 radical (unpaired) electrons. The Balaban J connectivity index is 2.11. The lowest BCUT2D eigenvalue weighted by Gasteiger charge is -2.23. The van der Waals surface area contributed by atoms with Crippen LogP contribution in [0.25, 0.3) is 0 Å². The number of hydrogen-bond acceptors (Lipinski definition) is 3. The summed E-state index contributed by atoms with van der Waals surface area (Å²) in [4.78, 5) is 16.2. The second kappa shape index (κ2) is 8.73. The molecule has 0 aliphatic carbocycles. The quantitative estimate of drug-likeness (QED) is 0.675. The molecule has 0 heterocycles. The van der Waals surface area contributed by atoms with E-state index in [9.17, 15) is 4.79 Å². The van der Waals surface area contributed by atoms with Gasteiger partial charge in [0.1, 0.15) is 5.75 Å². The minimum Gasteiger partial charge on any atom is -0.497 e. The average molecular weight is 391 g/mol. The van der Waals surface area contributed by atoms with Crippen molar-refractivity contribution in [1.29, 1.82) is 0 Å². The van der Waals surface area contributed by atoms with Gasteiger partial charge >= 0.3 is 0 Å². The van der Waals surface area contributed by atoms with Gasteiger partial charge in [0.05, 0.1) is 12.4 Å². The summed E-state index contributed by atoms with van der Waals surface area (Å²) in [5.74, 6) is 0.888. The zero-order chi connectivity index (χ0) is 17.5. The van der Waals surface area contributed by atoms with E-state index >= 15 is 0 Å². The number of alkyl halides is 1. The number of hydrogen-bond donors (Lipinski definition) is 0. The van der Waals surface area contributed by atoms with Crippen molar-refractivity contribution in [3.8, 4) is 5.75 Å². The van der Waals surface area contributed by atoms with Crippen LogP contribution in [0.2, 0.25) is 0 Å². The van der Waals surface area contributed by atoms with Gasteiger partial charge in [-0.25, -0.2) is 0 Å². The van der Waals surface area contributed by atoms with E-state index in [-0.39, 0.29) is 5.91 Å². The summed E-state index contributed by atoms with van der Waals surface area (Å²) in [7, 11) is 5.67. The van der Waals surface area contributed by atoms with Crippen molar-refractivity contribution in [3.63, 3.8) is 0 Å². The molecular weight excluding hydrogens is 368 g/mol. The van der Waals surface area contributed by atoms with E-state index in [1.54, 1.807) is 7.11 Å². The zero-order valence-electron chi connectivity index (χ0n) is 14.3. The Morgan fingerprint density at radius 1 is 0.958 bits per heavy atom. The Bertz CT molecular complexity index is 654. The molecule has 0 atom stereocenters. The number of halogens is 1. The summed E-state index contributed by atoms with van der Waals surface area (Å²) in [5.41, 5.74) is 3.34. The highest BCUT2D eigenvalue weighted by atomic mass is 79.9. The summed E-state index contributed by atoms with van der Waals surface area (Å²) in [5, 5.41) is 0.318. The molecule has 0 unspecified atom stereocenters. The second-order valence-corrected chi connectivity index (χ2v) is 6.35. The average Bonchev–Trinajstić information content (AvgIpc) is 2.61. The first-order valence-corrected chi connectivity index (χ1v) is 8.88. The molecule has 128 valence electrons. The highest BCUT2D eigenvalue weighted by molar-refractivity contribution is 9.09. The fraction of sp³-hybridized carbons (Fsp3) is 0.316. The first-order chi connectivity index (χ1) is 11.5. The van der Waals surface area contributed by atoms with Gasteiger partial charge in [0, 0.05) is 32.9 Å². The van der Waals surface area contributed by atoms with Gasteiger partial charge in [-0.05, 0) is 35.4 Å². The number of anilines is 1. The summed E-state index contributed by atoms with van der Waals surface area (Å²) < 4.78 is 5.18. The molecule has 0 aliphatic rings. The molecule has 0 saturated heterocycles. The molecule has 0 aromatic heterocycles. The van der Waals surface area contributed by atoms with Gasteiger partial charge in [-0.3, -0.25) is 4.79 Å². The van der Waals surface area contributed by atoms with Crippen molar-refractivity contribution >= 4 is 27.5 Å². The molecule has 24 heavy (non-hydrogen) atoms. The van der Waals surface area contributed by atoms with Crippen molar-refractivity contribution in [3.05, 3.63) is 59.7 Å². The van der Waals surface area contributed by atoms with Crippen LogP contribution in [0, 0.1) is 0 Å². The van der Waals surface area contributed by atoms with Gasteiger partial charge in [0.25, 0.3) is 0 Å². The maximum absolute atomic E-state index is 12.3. The number of ether oxygens (including phenoxy) is 1. The minimum absolute atomic E-state index is 0.0718. The number of amides is 1. The standard InChI is InChI=1S/C19H23BrN2O2/c1-21(2)17-8-4-15(5-9-17)13-22(19(23)12-20)14-16-6-10-18(24-3)11-7-16/h4-11H,12-14H2,1-3H3. The molecule has 0 aliphatic heterocycles. The Hall–Kier alpha value is -2.01. The van der Waals surface area contributed by atoms with E-state index in [2.05, 4.69) is 45.1 Å². The molecular formula is C19H23BrN2O2. The van der Waals surface area contributed by atoms with Crippen LogP contribution in [-0.4, -0.2) is 37.3 Å². The van der Waals surface area contributed by atoms with Crippen LogP contribution < -0.4 is 9.64 Å². The lowest BCUT2D eigenvalue weighted by atomic mass is 10.1. The van der Waals surface area contributed by atoms with E-state index in [0.717, 1.165) is 22.6 Å². The van der Waals surface area contributed by atoms with Crippen LogP contribution in [0.15, 0.2) is 48.5 Å². The van der Waals surface area contributed by atoms with E-state index in [0.29, 0.717) is 18.4 Å². The van der Waals surface area contributed by atoms with E-state index in [1.165, 1.54) is 0 Å². The number of carbonyl (C=O) groups is 1. The number of nitrogens with zero attached hydrogens (tertiary/aromatic N) is 2. The summed E-state index contributed by atoms with van der Waals surface area (Å²) in [6, 6.07) is 16.1. The van der Waals surface area contributed by atoms with Crippen molar-refractivity contribution in [2.24, 2.45) is 0 Å². The fourth-order valence-electron chi connectivity index (χ4n) is 2.39. The van der Waals surface area contributed by atoms with Gasteiger partial charge in [-0.2, -0.15) is 0 Å². The SMILES string of the molecule is COc1ccc(CN(Cc2ccc(N(C)C)cc2)C(=O)CBr)cc1. The predicted octanol–water partition coefficient (Wildman–Crippen LogP) is 3.68. The van der Waals surface area contributed by atoms with Crippen molar-refractivity contribution in [1.82, 2.24) is 4.90 Å². The number of rotatable bonds is 7. The third kappa shape index (κ3) is 4.99. The minimum atomic E-state index is 0.0718. The number of carbonyl (C=O) groups excluding carboxylic acids is 1. The maximum atomic E-state index is 12.3. The lowest BCUT2D eigenvalue weighted by molar-refractivity contribution is -0.129. The summed E-state index contributed by atoms with van der Waals surface area (Å²) >= 11 is 3.28. The largest absolute Gasteiger partial charge is 0.497 e. The highest BCUT2D eigenvalue weighted by Gasteiger charge is 2.13. The second-order valence-electron chi connectivity index (χ2n) is 5.79. The van der Waals surface area contributed by atoms with E-state index in [1.807, 2.05) is 43.3 Å². The predicted molar refractivity (Wildman–Crippen MR) is 102 cm³/mol. The van der Waals surface area contributed by atoms with Crippen molar-refractivity contribution < 1.29 is 9.53 Å². The van der Waals surface area contributed by atoms with Crippen LogP contribution >= 0.6 is 15.9 Å². The zero-order valence-corrected chi connectivity index (χ0v) is 15.9. The molecule has 0 bridgehead atoms. The van der Waals surface area contributed by atoms with Crippen LogP contribution in [0.5, 0.6) is 5.75 Å². The monoisotopic (exact) mass is 390 g/mol. The molecule has 4 nitrogen and oxygen atoms in total. The van der Waals surface area contributed by atoms with Gasteiger partial charge in [0.15, 0.2) is 0 Å². The molecule has 2 aromatic carbocycles. The number of methoxy groups -OCH3 is 1. The Morgan fingerprint density at radius 2 is 1.46 bits per heavy atom. The third-order valence-electron chi connectivity index (χ3n) is 3.83. The molecule has 2 aromatic rings. The van der Waals surface area contributed by atoms with Crippen LogP contribution in [0.4, 0.5) is 5.69 Å². The molecule has 0 saturated carbocycles. The molecule has 0 fully saturated rings. The first-order valence-electron chi connectivity index (χ1n) is 7.76. The van der Waals surface area contributed by atoms with Gasteiger partial charge in [0.2, 0.25) is 5.91 Å². The molecule has 2 rings (SSSR count). The fourth-order valence-corrected chi connectivity index (χ4v) is 2.74. The van der Waals surface area contributed by atoms with E-state index in [4.69, 9.17) is 4.74 Å². The van der Waals surface area contributed by atoms with Gasteiger partial charge in [-0.15, -0.1) is 0 Å². The Labute approximate surface area is 152 Å². The van der Waals surface area contributed by atoms with Crippen LogP contribution in [0.1, 0.15) is 11.1 Å². The van der Waals surface area contributed by atoms with Gasteiger partial charge in [-0.1, -0.05) is 40.2 Å². The number of benzene rings is 2. The van der Waals surface area contributed by atoms with Crippen LogP contribution in [0.3, 0.4) is 0 Å². The van der Waals surface area contributed by atoms with Crippen molar-refractivity contribution in [2.75, 3.05) is 31.4 Å². The summed E-state index contributed by atoms with van der Waals surface area (Å²) in [6.07, 6.45) is 0. The van der Waals surface area contributed by atoms with Gasteiger partial charge < -0.3 is 14.5 Å². The smallest absolute Gasteiger partial charge is 0.233 e. The molecule has 1 amide bonds. The maximum Gasteiger partial charge on any atom is 0.233 e. The highest BCUT2D eigenvalue weighted by Crippen LogP contribution is 2.17. The van der Waals surface area contributed by atoms with Crippen molar-refractivity contribution in [2.45, 2.75) is 13.1 Å². The first kappa shape index (κ1) is 18.3. The molecule has 5 heteroatoms. The van der Waals surface area contributed by atoms with Crippen LogP contribution in [-0.2, 0) is 17.9 Å². The Morgan fingerprint density at radius 3 is 1.88 bits per heavy atom.